The van der Waals surface area contributed by atoms with E-state index in [1.807, 2.05) is 0 Å². The summed E-state index contributed by atoms with van der Waals surface area (Å²) in [4.78, 5) is 36.4. The predicted molar refractivity (Wildman–Crippen MR) is 64.9 cm³/mol. The molecule has 8 heteroatoms. The van der Waals surface area contributed by atoms with Crippen molar-refractivity contribution >= 4 is 29.2 Å². The first-order chi connectivity index (χ1) is 8.50. The minimum atomic E-state index is -0.956. The molecule has 96 valence electrons. The fourth-order valence-corrected chi connectivity index (χ4v) is 2.18. The quantitative estimate of drug-likeness (QED) is 0.660. The molecular weight excluding hydrogens is 256 g/mol. The van der Waals surface area contributed by atoms with Gasteiger partial charge in [0.05, 0.1) is 4.88 Å². The van der Waals surface area contributed by atoms with E-state index in [9.17, 15) is 14.4 Å². The Balaban J connectivity index is 2.11. The minimum absolute atomic E-state index is 0.386. The van der Waals surface area contributed by atoms with Gasteiger partial charge in [0, 0.05) is 7.05 Å². The number of likely N-dealkylation sites (N-methyl/N-ethyl adjacent to an activating group) is 1. The topological polar surface area (TPSA) is 105 Å². The van der Waals surface area contributed by atoms with Crippen LogP contribution in [-0.4, -0.2) is 42.0 Å². The molecule has 0 spiro atoms. The van der Waals surface area contributed by atoms with E-state index in [2.05, 4.69) is 10.6 Å². The Morgan fingerprint density at radius 3 is 2.89 bits per heavy atom. The third kappa shape index (κ3) is 2.20. The zero-order valence-electron chi connectivity index (χ0n) is 9.54. The molecular formula is C10H12N4O3S. The molecule has 1 aliphatic heterocycles. The molecule has 0 bridgehead atoms. The van der Waals surface area contributed by atoms with E-state index in [0.717, 1.165) is 0 Å². The molecule has 18 heavy (non-hydrogen) atoms. The number of imide groups is 1. The van der Waals surface area contributed by atoms with E-state index in [1.54, 1.807) is 17.5 Å². The van der Waals surface area contributed by atoms with E-state index in [1.165, 1.54) is 23.3 Å². The summed E-state index contributed by atoms with van der Waals surface area (Å²) in [6.07, 6.45) is -0.879. The molecule has 0 saturated carbocycles. The van der Waals surface area contributed by atoms with Crippen LogP contribution in [0.1, 0.15) is 9.67 Å². The molecule has 1 aliphatic rings. The van der Waals surface area contributed by atoms with Crippen LogP contribution in [0.5, 0.6) is 0 Å². The SMILES string of the molecule is CN1C(=O)NC(=O)C(NC(=O)c2cccs2)C1N. The standard InChI is InChI=1S/C10H12N4O3S/c1-14-7(11)6(9(16)13-10(14)17)12-8(15)5-3-2-4-18-5/h2-4,6-7H,11H2,1H3,(H,12,15)(H,13,16,17). The molecule has 0 radical (unpaired) electrons. The van der Waals surface area contributed by atoms with Gasteiger partial charge in [0.25, 0.3) is 11.8 Å². The van der Waals surface area contributed by atoms with Crippen LogP contribution in [0.25, 0.3) is 0 Å². The lowest BCUT2D eigenvalue weighted by Gasteiger charge is -2.35. The van der Waals surface area contributed by atoms with Gasteiger partial charge in [-0.25, -0.2) is 4.79 Å². The van der Waals surface area contributed by atoms with Crippen molar-refractivity contribution in [3.63, 3.8) is 0 Å². The largest absolute Gasteiger partial charge is 0.337 e. The molecule has 2 rings (SSSR count). The fourth-order valence-electron chi connectivity index (χ4n) is 1.56. The molecule has 7 nitrogen and oxygen atoms in total. The Morgan fingerprint density at radius 1 is 1.56 bits per heavy atom. The van der Waals surface area contributed by atoms with Gasteiger partial charge in [-0.2, -0.15) is 0 Å². The highest BCUT2D eigenvalue weighted by Crippen LogP contribution is 2.10. The van der Waals surface area contributed by atoms with E-state index < -0.39 is 24.1 Å². The predicted octanol–water partition coefficient (Wildman–Crippen LogP) is -0.687. The van der Waals surface area contributed by atoms with Crippen LogP contribution in [0.2, 0.25) is 0 Å². The van der Waals surface area contributed by atoms with Crippen LogP contribution in [0.4, 0.5) is 4.79 Å². The summed E-state index contributed by atoms with van der Waals surface area (Å²) in [5.74, 6) is -0.987. The lowest BCUT2D eigenvalue weighted by atomic mass is 10.1. The Bertz CT molecular complexity index is 487. The van der Waals surface area contributed by atoms with E-state index in [-0.39, 0.29) is 5.91 Å². The van der Waals surface area contributed by atoms with Crippen molar-refractivity contribution < 1.29 is 14.4 Å². The summed E-state index contributed by atoms with van der Waals surface area (Å²) in [6.45, 7) is 0. The van der Waals surface area contributed by atoms with Crippen molar-refractivity contribution in [3.8, 4) is 0 Å². The summed E-state index contributed by atoms with van der Waals surface area (Å²) < 4.78 is 0. The van der Waals surface area contributed by atoms with Crippen LogP contribution in [0.3, 0.4) is 0 Å². The molecule has 1 aromatic heterocycles. The Kier molecular flexibility index (Phi) is 3.30. The third-order valence-corrected chi connectivity index (χ3v) is 3.52. The number of carbonyl (C=O) groups excluding carboxylic acids is 3. The molecule has 1 aromatic rings. The highest BCUT2D eigenvalue weighted by atomic mass is 32.1. The van der Waals surface area contributed by atoms with Crippen molar-refractivity contribution in [2.75, 3.05) is 7.05 Å². The lowest BCUT2D eigenvalue weighted by Crippen LogP contribution is -2.69. The zero-order valence-corrected chi connectivity index (χ0v) is 10.4. The first kappa shape index (κ1) is 12.5. The average molecular weight is 268 g/mol. The molecule has 1 fully saturated rings. The Hall–Kier alpha value is -1.93. The van der Waals surface area contributed by atoms with Crippen molar-refractivity contribution in [3.05, 3.63) is 22.4 Å². The molecule has 2 atom stereocenters. The van der Waals surface area contributed by atoms with Crippen molar-refractivity contribution in [2.24, 2.45) is 5.73 Å². The van der Waals surface area contributed by atoms with Gasteiger partial charge in [0.2, 0.25) is 0 Å². The number of carbonyl (C=O) groups is 3. The van der Waals surface area contributed by atoms with Crippen LogP contribution < -0.4 is 16.4 Å². The zero-order chi connectivity index (χ0) is 13.3. The average Bonchev–Trinajstić information content (AvgIpc) is 2.85. The lowest BCUT2D eigenvalue weighted by molar-refractivity contribution is -0.125. The summed E-state index contributed by atoms with van der Waals surface area (Å²) in [5.41, 5.74) is 5.74. The van der Waals surface area contributed by atoms with Gasteiger partial charge in [-0.3, -0.25) is 14.9 Å². The molecule has 2 heterocycles. The van der Waals surface area contributed by atoms with Gasteiger partial charge in [-0.05, 0) is 11.4 Å². The number of urea groups is 1. The Morgan fingerprint density at radius 2 is 2.28 bits per heavy atom. The van der Waals surface area contributed by atoms with Gasteiger partial charge in [-0.1, -0.05) is 6.07 Å². The first-order valence-corrected chi connectivity index (χ1v) is 6.06. The fraction of sp³-hybridized carbons (Fsp3) is 0.300. The normalized spacial score (nSPS) is 23.8. The molecule has 0 aromatic carbocycles. The van der Waals surface area contributed by atoms with Gasteiger partial charge >= 0.3 is 6.03 Å². The van der Waals surface area contributed by atoms with Gasteiger partial charge in [0.15, 0.2) is 0 Å². The van der Waals surface area contributed by atoms with Crippen LogP contribution in [0, 0.1) is 0 Å². The summed E-state index contributed by atoms with van der Waals surface area (Å²) in [6, 6.07) is 1.84. The number of nitrogens with one attached hydrogen (secondary N) is 2. The van der Waals surface area contributed by atoms with Gasteiger partial charge in [-0.15, -0.1) is 11.3 Å². The number of rotatable bonds is 2. The van der Waals surface area contributed by atoms with E-state index in [0.29, 0.717) is 4.88 Å². The molecule has 2 unspecified atom stereocenters. The van der Waals surface area contributed by atoms with Gasteiger partial charge in [0.1, 0.15) is 12.2 Å². The second kappa shape index (κ2) is 4.75. The van der Waals surface area contributed by atoms with E-state index in [4.69, 9.17) is 5.73 Å². The van der Waals surface area contributed by atoms with Crippen LogP contribution >= 0.6 is 11.3 Å². The monoisotopic (exact) mass is 268 g/mol. The molecule has 4 N–H and O–H groups in total. The highest BCUT2D eigenvalue weighted by Gasteiger charge is 2.38. The number of thiophene rings is 1. The van der Waals surface area contributed by atoms with E-state index >= 15 is 0 Å². The maximum absolute atomic E-state index is 11.8. The third-order valence-electron chi connectivity index (χ3n) is 2.65. The Labute approximate surface area is 107 Å². The maximum Gasteiger partial charge on any atom is 0.325 e. The number of hydrogen-bond donors (Lipinski definition) is 3. The summed E-state index contributed by atoms with van der Waals surface area (Å²) >= 11 is 1.26. The second-order valence-corrected chi connectivity index (χ2v) is 4.77. The van der Waals surface area contributed by atoms with Gasteiger partial charge < -0.3 is 16.0 Å². The van der Waals surface area contributed by atoms with Crippen LogP contribution in [0.15, 0.2) is 17.5 Å². The number of nitrogens with two attached hydrogens (primary N) is 1. The van der Waals surface area contributed by atoms with Crippen LogP contribution in [-0.2, 0) is 4.79 Å². The minimum Gasteiger partial charge on any atom is -0.337 e. The summed E-state index contributed by atoms with van der Waals surface area (Å²) in [7, 11) is 1.46. The smallest absolute Gasteiger partial charge is 0.325 e. The number of amides is 4. The first-order valence-electron chi connectivity index (χ1n) is 5.18. The van der Waals surface area contributed by atoms with Crippen molar-refractivity contribution in [1.82, 2.24) is 15.5 Å². The van der Waals surface area contributed by atoms with Crippen molar-refractivity contribution in [2.45, 2.75) is 12.2 Å². The molecule has 1 saturated heterocycles. The highest BCUT2D eigenvalue weighted by molar-refractivity contribution is 7.12. The summed E-state index contributed by atoms with van der Waals surface area (Å²) in [5, 5.41) is 6.38. The molecule has 0 aliphatic carbocycles. The molecule has 4 amide bonds. The number of hydrogen-bond acceptors (Lipinski definition) is 5. The second-order valence-electron chi connectivity index (χ2n) is 3.82. The number of nitrogens with zero attached hydrogens (tertiary/aromatic N) is 1. The maximum atomic E-state index is 11.8. The van der Waals surface area contributed by atoms with Crippen molar-refractivity contribution in [1.29, 1.82) is 0 Å².